The summed E-state index contributed by atoms with van der Waals surface area (Å²) < 4.78 is 7.45. The highest BCUT2D eigenvalue weighted by Gasteiger charge is 2.26. The average molecular weight is 457 g/mol. The van der Waals surface area contributed by atoms with Crippen molar-refractivity contribution >= 4 is 17.6 Å². The van der Waals surface area contributed by atoms with Gasteiger partial charge in [-0.15, -0.1) is 0 Å². The second-order valence-corrected chi connectivity index (χ2v) is 10.9. The number of hydrogen-bond acceptors (Lipinski definition) is 4. The molecule has 0 aliphatic heterocycles. The number of benzene rings is 1. The zero-order valence-electron chi connectivity index (χ0n) is 21.4. The molecule has 0 unspecified atom stereocenters. The highest BCUT2D eigenvalue weighted by Crippen LogP contribution is 2.28. The van der Waals surface area contributed by atoms with Crippen LogP contribution in [0, 0.1) is 5.92 Å². The summed E-state index contributed by atoms with van der Waals surface area (Å²) in [5, 5.41) is 7.72. The number of amides is 2. The Bertz CT molecular complexity index is 921. The molecule has 0 radical (unpaired) electrons. The molecule has 182 valence electrons. The number of carbonyl (C=O) groups excluding carboxylic acids is 2. The Hall–Kier alpha value is -2.67. The predicted molar refractivity (Wildman–Crippen MR) is 132 cm³/mol. The minimum Gasteiger partial charge on any atom is -0.367 e. The molecule has 2 rings (SSSR count). The van der Waals surface area contributed by atoms with E-state index in [1.54, 1.807) is 4.90 Å². The van der Waals surface area contributed by atoms with Crippen molar-refractivity contribution in [2.75, 3.05) is 25.0 Å². The molecule has 1 N–H and O–H groups in total. The fraction of sp³-hybridized carbons (Fsp3) is 0.577. The van der Waals surface area contributed by atoms with Crippen molar-refractivity contribution in [1.82, 2.24) is 14.7 Å². The molecule has 2 amide bonds. The van der Waals surface area contributed by atoms with Gasteiger partial charge in [0.15, 0.2) is 0 Å². The number of nitrogens with zero attached hydrogens (tertiary/aromatic N) is 3. The fourth-order valence-electron chi connectivity index (χ4n) is 3.32. The lowest BCUT2D eigenvalue weighted by Crippen LogP contribution is -2.42. The van der Waals surface area contributed by atoms with Gasteiger partial charge < -0.3 is 15.0 Å². The van der Waals surface area contributed by atoms with E-state index in [-0.39, 0.29) is 41.8 Å². The molecule has 0 atom stereocenters. The molecule has 7 heteroatoms. The maximum absolute atomic E-state index is 13.0. The molecule has 33 heavy (non-hydrogen) atoms. The van der Waals surface area contributed by atoms with E-state index in [0.29, 0.717) is 19.0 Å². The minimum absolute atomic E-state index is 0.0358. The maximum atomic E-state index is 13.0. The first-order valence-electron chi connectivity index (χ1n) is 11.6. The van der Waals surface area contributed by atoms with Gasteiger partial charge in [0.05, 0.1) is 24.4 Å². The third-order valence-electron chi connectivity index (χ3n) is 4.99. The monoisotopic (exact) mass is 456 g/mol. The Balaban J connectivity index is 2.07. The molecule has 0 aliphatic carbocycles. The fourth-order valence-corrected chi connectivity index (χ4v) is 3.32. The second-order valence-electron chi connectivity index (χ2n) is 10.9. The van der Waals surface area contributed by atoms with Gasteiger partial charge in [-0.05, 0) is 32.3 Å². The second kappa shape index (κ2) is 11.0. The van der Waals surface area contributed by atoms with Gasteiger partial charge in [0, 0.05) is 18.0 Å². The van der Waals surface area contributed by atoms with E-state index in [1.807, 2.05) is 75.7 Å². The van der Waals surface area contributed by atoms with E-state index < -0.39 is 0 Å². The maximum Gasteiger partial charge on any atom is 0.249 e. The van der Waals surface area contributed by atoms with Crippen molar-refractivity contribution in [1.29, 1.82) is 0 Å². The standard InChI is InChI=1S/C26H40N4O3/c1-19(2)15-29(24(32)18-33-17-20-12-10-9-11-13-20)16-23(31)27-22-14-21(25(3,4)5)28-30(22)26(6,7)8/h9-14,19H,15-18H2,1-8H3,(H,27,31). The number of hydrogen-bond donors (Lipinski definition) is 1. The highest BCUT2D eigenvalue weighted by molar-refractivity contribution is 5.94. The van der Waals surface area contributed by atoms with Crippen LogP contribution in [0.1, 0.15) is 66.6 Å². The van der Waals surface area contributed by atoms with E-state index in [0.717, 1.165) is 11.3 Å². The molecule has 0 saturated carbocycles. The van der Waals surface area contributed by atoms with E-state index in [4.69, 9.17) is 9.84 Å². The van der Waals surface area contributed by atoms with E-state index in [1.165, 1.54) is 0 Å². The molecule has 0 aliphatic rings. The van der Waals surface area contributed by atoms with Gasteiger partial charge in [-0.1, -0.05) is 65.0 Å². The first kappa shape index (κ1) is 26.6. The van der Waals surface area contributed by atoms with Crippen LogP contribution >= 0.6 is 0 Å². The van der Waals surface area contributed by atoms with Crippen LogP contribution < -0.4 is 5.32 Å². The quantitative estimate of drug-likeness (QED) is 0.599. The average Bonchev–Trinajstić information content (AvgIpc) is 3.12. The molecular weight excluding hydrogens is 416 g/mol. The van der Waals surface area contributed by atoms with Crippen molar-refractivity contribution in [3.8, 4) is 0 Å². The van der Waals surface area contributed by atoms with Crippen LogP contribution in [-0.4, -0.2) is 46.2 Å². The Kier molecular flexibility index (Phi) is 8.83. The van der Waals surface area contributed by atoms with Gasteiger partial charge in [-0.3, -0.25) is 9.59 Å². The predicted octanol–water partition coefficient (Wildman–Crippen LogP) is 4.58. The summed E-state index contributed by atoms with van der Waals surface area (Å²) in [5.41, 5.74) is 1.46. The Morgan fingerprint density at radius 1 is 1.09 bits per heavy atom. The number of rotatable bonds is 9. The molecule has 1 aromatic carbocycles. The van der Waals surface area contributed by atoms with Crippen molar-refractivity contribution < 1.29 is 14.3 Å². The highest BCUT2D eigenvalue weighted by atomic mass is 16.5. The lowest BCUT2D eigenvalue weighted by atomic mass is 9.92. The topological polar surface area (TPSA) is 76.5 Å². The van der Waals surface area contributed by atoms with E-state index in [2.05, 4.69) is 26.1 Å². The third-order valence-corrected chi connectivity index (χ3v) is 4.99. The summed E-state index contributed by atoms with van der Waals surface area (Å²) in [6.07, 6.45) is 0. The van der Waals surface area contributed by atoms with Crippen LogP contribution in [-0.2, 0) is 31.9 Å². The van der Waals surface area contributed by atoms with Crippen molar-refractivity contribution in [2.24, 2.45) is 5.92 Å². The summed E-state index contributed by atoms with van der Waals surface area (Å²) in [7, 11) is 0. The lowest BCUT2D eigenvalue weighted by molar-refractivity contribution is -0.139. The van der Waals surface area contributed by atoms with Crippen LogP contribution in [0.5, 0.6) is 0 Å². The first-order chi connectivity index (χ1) is 15.3. The molecule has 0 saturated heterocycles. The lowest BCUT2D eigenvalue weighted by Gasteiger charge is -2.25. The summed E-state index contributed by atoms with van der Waals surface area (Å²) in [5.74, 6) is 0.408. The van der Waals surface area contributed by atoms with Gasteiger partial charge in [0.25, 0.3) is 0 Å². The molecule has 1 aromatic heterocycles. The molecule has 2 aromatic rings. The number of ether oxygens (including phenoxy) is 1. The summed E-state index contributed by atoms with van der Waals surface area (Å²) in [6, 6.07) is 11.6. The van der Waals surface area contributed by atoms with Crippen molar-refractivity contribution in [3.63, 3.8) is 0 Å². The SMILES string of the molecule is CC(C)CN(CC(=O)Nc1cc(C(C)(C)C)nn1C(C)(C)C)C(=O)COCc1ccccc1. The summed E-state index contributed by atoms with van der Waals surface area (Å²) >= 11 is 0. The number of carbonyl (C=O) groups is 2. The number of anilines is 1. The van der Waals surface area contributed by atoms with Crippen molar-refractivity contribution in [3.05, 3.63) is 47.7 Å². The van der Waals surface area contributed by atoms with Gasteiger partial charge in [0.1, 0.15) is 12.4 Å². The normalized spacial score (nSPS) is 12.2. The Morgan fingerprint density at radius 3 is 2.27 bits per heavy atom. The first-order valence-corrected chi connectivity index (χ1v) is 11.6. The van der Waals surface area contributed by atoms with Crippen molar-refractivity contribution in [2.45, 2.75) is 73.0 Å². The summed E-state index contributed by atoms with van der Waals surface area (Å²) in [6.45, 7) is 17.2. The zero-order valence-corrected chi connectivity index (χ0v) is 21.4. The summed E-state index contributed by atoms with van der Waals surface area (Å²) in [4.78, 5) is 27.3. The van der Waals surface area contributed by atoms with Gasteiger partial charge in [-0.2, -0.15) is 5.10 Å². The Labute approximate surface area is 198 Å². The van der Waals surface area contributed by atoms with Gasteiger partial charge in [-0.25, -0.2) is 4.68 Å². The van der Waals surface area contributed by atoms with Crippen LogP contribution in [0.25, 0.3) is 0 Å². The smallest absolute Gasteiger partial charge is 0.249 e. The van der Waals surface area contributed by atoms with Crippen LogP contribution in [0.15, 0.2) is 36.4 Å². The van der Waals surface area contributed by atoms with Crippen LogP contribution in [0.2, 0.25) is 0 Å². The minimum atomic E-state index is -0.301. The molecule has 7 nitrogen and oxygen atoms in total. The molecule has 0 fully saturated rings. The zero-order chi connectivity index (χ0) is 24.8. The number of nitrogens with one attached hydrogen (secondary N) is 1. The molecule has 0 bridgehead atoms. The van der Waals surface area contributed by atoms with Crippen LogP contribution in [0.3, 0.4) is 0 Å². The van der Waals surface area contributed by atoms with E-state index in [9.17, 15) is 9.59 Å². The van der Waals surface area contributed by atoms with E-state index >= 15 is 0 Å². The Morgan fingerprint density at radius 2 is 1.73 bits per heavy atom. The largest absolute Gasteiger partial charge is 0.367 e. The number of aromatic nitrogens is 2. The molecule has 1 heterocycles. The van der Waals surface area contributed by atoms with Crippen LogP contribution in [0.4, 0.5) is 5.82 Å². The van der Waals surface area contributed by atoms with Gasteiger partial charge >= 0.3 is 0 Å². The molecule has 0 spiro atoms. The van der Waals surface area contributed by atoms with Gasteiger partial charge in [0.2, 0.25) is 11.8 Å². The third kappa shape index (κ3) is 8.31. The molecular formula is C26H40N4O3.